The van der Waals surface area contributed by atoms with Crippen LogP contribution in [-0.2, 0) is 11.3 Å². The second-order valence-electron chi connectivity index (χ2n) is 8.02. The summed E-state index contributed by atoms with van der Waals surface area (Å²) < 4.78 is 6.92. The third-order valence-electron chi connectivity index (χ3n) is 5.56. The number of aliphatic hydroxyl groups is 1. The number of ether oxygens (including phenoxy) is 1. The van der Waals surface area contributed by atoms with E-state index in [4.69, 9.17) is 27.9 Å². The number of piperazine rings is 1. The second kappa shape index (κ2) is 11.0. The van der Waals surface area contributed by atoms with Gasteiger partial charge >= 0.3 is 0 Å². The number of carbonyl (C=O) groups is 1. The summed E-state index contributed by atoms with van der Waals surface area (Å²) in [6.07, 6.45) is 0.212. The van der Waals surface area contributed by atoms with Crippen LogP contribution in [0.3, 0.4) is 0 Å². The fraction of sp³-hybridized carbons (Fsp3) is 0.391. The van der Waals surface area contributed by atoms with E-state index in [1.54, 1.807) is 28.5 Å². The maximum Gasteiger partial charge on any atom is 0.224 e. The van der Waals surface area contributed by atoms with E-state index in [-0.39, 0.29) is 6.61 Å². The maximum absolute atomic E-state index is 11.7. The number of thiazole rings is 1. The summed E-state index contributed by atoms with van der Waals surface area (Å²) in [6, 6.07) is 11.1. The summed E-state index contributed by atoms with van der Waals surface area (Å²) in [4.78, 5) is 18.3. The molecule has 1 atom stereocenters. The zero-order chi connectivity index (χ0) is 23.4. The molecule has 33 heavy (non-hydrogen) atoms. The summed E-state index contributed by atoms with van der Waals surface area (Å²) in [5.41, 5.74) is 1.76. The smallest absolute Gasteiger partial charge is 0.224 e. The fourth-order valence-electron chi connectivity index (χ4n) is 3.86. The number of aryl methyl sites for hydroxylation is 1. The highest BCUT2D eigenvalue weighted by atomic mass is 35.5. The number of hydrazine groups is 1. The lowest BCUT2D eigenvalue weighted by Gasteiger charge is -2.40. The van der Waals surface area contributed by atoms with Crippen molar-refractivity contribution in [1.82, 2.24) is 19.9 Å². The summed E-state index contributed by atoms with van der Waals surface area (Å²) in [6.45, 7) is 5.92. The standard InChI is InChI=1S/C23H26Cl2N4O3S/c1-16-26-22-11-20(4-5-23(22)33-16)32-14-19(31)13-27-6-8-28(9-7-27)29(15-30)12-17-2-3-18(24)10-21(17)25/h2-5,10-11,15,19,31H,6-9,12-14H2,1H3/t19-/m1/s1. The van der Waals surface area contributed by atoms with Gasteiger partial charge < -0.3 is 9.84 Å². The van der Waals surface area contributed by atoms with Gasteiger partial charge in [-0.15, -0.1) is 11.3 Å². The molecular formula is C23H26Cl2N4O3S. The Morgan fingerprint density at radius 1 is 1.21 bits per heavy atom. The van der Waals surface area contributed by atoms with Gasteiger partial charge in [-0.05, 0) is 36.8 Å². The van der Waals surface area contributed by atoms with Gasteiger partial charge in [0.25, 0.3) is 0 Å². The molecule has 2 heterocycles. The van der Waals surface area contributed by atoms with E-state index < -0.39 is 6.10 Å². The lowest BCUT2D eigenvalue weighted by Crippen LogP contribution is -2.54. The molecule has 1 amide bonds. The van der Waals surface area contributed by atoms with E-state index in [9.17, 15) is 9.90 Å². The molecule has 0 aliphatic carbocycles. The second-order valence-corrected chi connectivity index (χ2v) is 10.1. The molecule has 4 rings (SSSR count). The van der Waals surface area contributed by atoms with Gasteiger partial charge in [-0.1, -0.05) is 29.3 Å². The SMILES string of the molecule is Cc1nc2cc(OC[C@H](O)CN3CCN(N(C=O)Cc4ccc(Cl)cc4Cl)CC3)ccc2s1. The van der Waals surface area contributed by atoms with Crippen LogP contribution in [0.5, 0.6) is 5.75 Å². The first-order chi connectivity index (χ1) is 15.9. The van der Waals surface area contributed by atoms with Crippen LogP contribution in [-0.4, -0.2) is 76.9 Å². The van der Waals surface area contributed by atoms with Gasteiger partial charge in [-0.3, -0.25) is 14.7 Å². The van der Waals surface area contributed by atoms with Crippen molar-refractivity contribution < 1.29 is 14.6 Å². The molecule has 1 fully saturated rings. The molecule has 2 aromatic carbocycles. The highest BCUT2D eigenvalue weighted by Crippen LogP contribution is 2.26. The van der Waals surface area contributed by atoms with Crippen molar-refractivity contribution >= 4 is 51.2 Å². The van der Waals surface area contributed by atoms with Crippen LogP contribution in [0.25, 0.3) is 10.2 Å². The monoisotopic (exact) mass is 508 g/mol. The van der Waals surface area contributed by atoms with E-state index in [1.165, 1.54) is 0 Å². The van der Waals surface area contributed by atoms with Crippen molar-refractivity contribution in [2.75, 3.05) is 39.3 Å². The maximum atomic E-state index is 11.7. The van der Waals surface area contributed by atoms with Crippen molar-refractivity contribution in [3.8, 4) is 5.75 Å². The molecule has 1 aliphatic rings. The normalized spacial score (nSPS) is 16.1. The number of carbonyl (C=O) groups excluding carboxylic acids is 1. The molecule has 1 saturated heterocycles. The number of nitrogens with zero attached hydrogens (tertiary/aromatic N) is 4. The van der Waals surface area contributed by atoms with Gasteiger partial charge in [-0.25, -0.2) is 9.99 Å². The first kappa shape index (κ1) is 24.2. The molecule has 0 bridgehead atoms. The number of hydrogen-bond acceptors (Lipinski definition) is 7. The number of halogens is 2. The van der Waals surface area contributed by atoms with Crippen molar-refractivity contribution in [2.45, 2.75) is 19.6 Å². The Kier molecular flexibility index (Phi) is 8.06. The summed E-state index contributed by atoms with van der Waals surface area (Å²) in [5.74, 6) is 0.708. The molecule has 176 valence electrons. The minimum Gasteiger partial charge on any atom is -0.491 e. The van der Waals surface area contributed by atoms with Gasteiger partial charge in [0.1, 0.15) is 18.5 Å². The summed E-state index contributed by atoms with van der Waals surface area (Å²) >= 11 is 13.9. The van der Waals surface area contributed by atoms with Crippen LogP contribution in [0, 0.1) is 6.92 Å². The van der Waals surface area contributed by atoms with Crippen LogP contribution < -0.4 is 4.74 Å². The zero-order valence-electron chi connectivity index (χ0n) is 18.3. The third-order valence-corrected chi connectivity index (χ3v) is 7.10. The predicted molar refractivity (Wildman–Crippen MR) is 132 cm³/mol. The van der Waals surface area contributed by atoms with E-state index in [0.29, 0.717) is 42.0 Å². The fourth-order valence-corrected chi connectivity index (χ4v) is 5.14. The molecule has 1 aliphatic heterocycles. The number of β-amino-alcohol motifs (C(OH)–C–C–N with tert-alkyl or cyclic N) is 1. The Hall–Kier alpha value is -1.94. The predicted octanol–water partition coefficient (Wildman–Crippen LogP) is 3.84. The zero-order valence-corrected chi connectivity index (χ0v) is 20.6. The van der Waals surface area contributed by atoms with Crippen molar-refractivity contribution in [3.63, 3.8) is 0 Å². The number of aromatic nitrogens is 1. The van der Waals surface area contributed by atoms with Crippen molar-refractivity contribution in [3.05, 3.63) is 57.0 Å². The van der Waals surface area contributed by atoms with E-state index >= 15 is 0 Å². The molecule has 10 heteroatoms. The third kappa shape index (κ3) is 6.35. The summed E-state index contributed by atoms with van der Waals surface area (Å²) in [5, 5.41) is 16.2. The molecule has 0 saturated carbocycles. The summed E-state index contributed by atoms with van der Waals surface area (Å²) in [7, 11) is 0. The van der Waals surface area contributed by atoms with E-state index in [1.807, 2.05) is 36.2 Å². The average molecular weight is 509 g/mol. The van der Waals surface area contributed by atoms with Crippen LogP contribution in [0.15, 0.2) is 36.4 Å². The molecule has 3 aromatic rings. The van der Waals surface area contributed by atoms with Gasteiger partial charge in [0.2, 0.25) is 6.41 Å². The van der Waals surface area contributed by atoms with Crippen LogP contribution >= 0.6 is 34.5 Å². The molecule has 7 nitrogen and oxygen atoms in total. The Morgan fingerprint density at radius 2 is 2.00 bits per heavy atom. The Labute approximate surface area is 207 Å². The molecule has 0 spiro atoms. The Bertz CT molecular complexity index is 1100. The molecule has 0 radical (unpaired) electrons. The Balaban J connectivity index is 1.23. The van der Waals surface area contributed by atoms with Gasteiger partial charge in [0.15, 0.2) is 0 Å². The van der Waals surface area contributed by atoms with Gasteiger partial charge in [0.05, 0.1) is 21.8 Å². The lowest BCUT2D eigenvalue weighted by atomic mass is 10.2. The van der Waals surface area contributed by atoms with Crippen LogP contribution in [0.4, 0.5) is 0 Å². The average Bonchev–Trinajstić information content (AvgIpc) is 3.17. The number of fused-ring (bicyclic) bond motifs is 1. The number of benzene rings is 2. The Morgan fingerprint density at radius 3 is 2.73 bits per heavy atom. The van der Waals surface area contributed by atoms with E-state index in [2.05, 4.69) is 9.88 Å². The van der Waals surface area contributed by atoms with Crippen LogP contribution in [0.2, 0.25) is 10.0 Å². The number of amides is 1. The molecule has 1 aromatic heterocycles. The highest BCUT2D eigenvalue weighted by molar-refractivity contribution is 7.18. The molecule has 0 unspecified atom stereocenters. The lowest BCUT2D eigenvalue weighted by molar-refractivity contribution is -0.140. The molecule has 1 N–H and O–H groups in total. The quantitative estimate of drug-likeness (QED) is 0.442. The van der Waals surface area contributed by atoms with E-state index in [0.717, 1.165) is 40.3 Å². The number of rotatable bonds is 9. The minimum absolute atomic E-state index is 0.213. The van der Waals surface area contributed by atoms with Crippen molar-refractivity contribution in [2.24, 2.45) is 0 Å². The first-order valence-corrected chi connectivity index (χ1v) is 12.3. The number of hydrogen-bond donors (Lipinski definition) is 1. The molecular weight excluding hydrogens is 483 g/mol. The van der Waals surface area contributed by atoms with Gasteiger partial charge in [-0.2, -0.15) is 0 Å². The van der Waals surface area contributed by atoms with Gasteiger partial charge in [0, 0.05) is 48.8 Å². The highest BCUT2D eigenvalue weighted by Gasteiger charge is 2.23. The number of aliphatic hydroxyl groups excluding tert-OH is 1. The largest absolute Gasteiger partial charge is 0.491 e. The van der Waals surface area contributed by atoms with Crippen LogP contribution in [0.1, 0.15) is 10.6 Å². The first-order valence-electron chi connectivity index (χ1n) is 10.7. The topological polar surface area (TPSA) is 69.1 Å². The van der Waals surface area contributed by atoms with Crippen molar-refractivity contribution in [1.29, 1.82) is 0 Å². The minimum atomic E-state index is -0.612.